The second kappa shape index (κ2) is 5.41. The molecule has 0 radical (unpaired) electrons. The third-order valence-corrected chi connectivity index (χ3v) is 2.28. The first-order valence-corrected chi connectivity index (χ1v) is 5.01. The maximum atomic E-state index is 9.60. The van der Waals surface area contributed by atoms with Gasteiger partial charge in [0.25, 0.3) is 0 Å². The second-order valence-corrected chi connectivity index (χ2v) is 3.50. The molecule has 82 valence electrons. The van der Waals surface area contributed by atoms with Crippen LogP contribution >= 0.6 is 0 Å². The van der Waals surface area contributed by atoms with E-state index in [4.69, 9.17) is 5.11 Å². The van der Waals surface area contributed by atoms with E-state index < -0.39 is 0 Å². The van der Waals surface area contributed by atoms with Crippen molar-refractivity contribution in [1.29, 1.82) is 0 Å². The minimum absolute atomic E-state index is 0.0607. The molecule has 0 spiro atoms. The standard InChI is InChI=1S/C12H17NO2/c1-3-4-7-13-9(2)11-6-5-10(14)8-12(11)15/h3,5-6,8-9,13-15H,1,4,7H2,2H3. The van der Waals surface area contributed by atoms with Crippen molar-refractivity contribution in [1.82, 2.24) is 5.32 Å². The predicted octanol–water partition coefficient (Wildman–Crippen LogP) is 2.32. The molecule has 3 heteroatoms. The number of nitrogens with one attached hydrogen (secondary N) is 1. The van der Waals surface area contributed by atoms with Crippen LogP contribution in [0.3, 0.4) is 0 Å². The van der Waals surface area contributed by atoms with Gasteiger partial charge in [-0.15, -0.1) is 6.58 Å². The summed E-state index contributed by atoms with van der Waals surface area (Å²) in [5, 5.41) is 22.0. The van der Waals surface area contributed by atoms with Gasteiger partial charge in [-0.1, -0.05) is 12.1 Å². The van der Waals surface area contributed by atoms with Gasteiger partial charge in [-0.25, -0.2) is 0 Å². The van der Waals surface area contributed by atoms with Gasteiger partial charge in [-0.2, -0.15) is 0 Å². The molecule has 0 saturated carbocycles. The Bertz CT molecular complexity index is 336. The van der Waals surface area contributed by atoms with Crippen LogP contribution in [0.5, 0.6) is 11.5 Å². The molecular formula is C12H17NO2. The van der Waals surface area contributed by atoms with Crippen LogP contribution in [0.15, 0.2) is 30.9 Å². The third kappa shape index (κ3) is 3.29. The first-order valence-electron chi connectivity index (χ1n) is 5.01. The van der Waals surface area contributed by atoms with E-state index in [0.717, 1.165) is 18.5 Å². The fourth-order valence-corrected chi connectivity index (χ4v) is 1.41. The molecule has 1 unspecified atom stereocenters. The highest BCUT2D eigenvalue weighted by atomic mass is 16.3. The fraction of sp³-hybridized carbons (Fsp3) is 0.333. The van der Waals surface area contributed by atoms with Crippen LogP contribution in [0, 0.1) is 0 Å². The number of phenols is 2. The summed E-state index contributed by atoms with van der Waals surface area (Å²) < 4.78 is 0. The lowest BCUT2D eigenvalue weighted by Gasteiger charge is -2.15. The van der Waals surface area contributed by atoms with Crippen molar-refractivity contribution in [3.8, 4) is 11.5 Å². The van der Waals surface area contributed by atoms with Crippen molar-refractivity contribution < 1.29 is 10.2 Å². The average molecular weight is 207 g/mol. The summed E-state index contributed by atoms with van der Waals surface area (Å²) in [7, 11) is 0. The minimum Gasteiger partial charge on any atom is -0.508 e. The van der Waals surface area contributed by atoms with E-state index in [1.165, 1.54) is 6.07 Å². The highest BCUT2D eigenvalue weighted by molar-refractivity contribution is 5.40. The van der Waals surface area contributed by atoms with Gasteiger partial charge in [0.15, 0.2) is 0 Å². The van der Waals surface area contributed by atoms with E-state index in [1.54, 1.807) is 12.1 Å². The van der Waals surface area contributed by atoms with Gasteiger partial charge in [0.05, 0.1) is 0 Å². The van der Waals surface area contributed by atoms with Crippen LogP contribution in [0.25, 0.3) is 0 Å². The molecule has 0 fully saturated rings. The van der Waals surface area contributed by atoms with Crippen molar-refractivity contribution in [2.75, 3.05) is 6.54 Å². The molecule has 0 heterocycles. The Labute approximate surface area is 90.1 Å². The summed E-state index contributed by atoms with van der Waals surface area (Å²) in [4.78, 5) is 0. The Kier molecular flexibility index (Phi) is 4.18. The van der Waals surface area contributed by atoms with Crippen LogP contribution in [0.1, 0.15) is 24.9 Å². The second-order valence-electron chi connectivity index (χ2n) is 3.50. The zero-order chi connectivity index (χ0) is 11.3. The highest BCUT2D eigenvalue weighted by Crippen LogP contribution is 2.27. The molecule has 0 saturated heterocycles. The van der Waals surface area contributed by atoms with Crippen LogP contribution < -0.4 is 5.32 Å². The van der Waals surface area contributed by atoms with Crippen LogP contribution in [0.4, 0.5) is 0 Å². The zero-order valence-electron chi connectivity index (χ0n) is 8.90. The molecule has 0 amide bonds. The summed E-state index contributed by atoms with van der Waals surface area (Å²) in [6.07, 6.45) is 2.74. The predicted molar refractivity (Wildman–Crippen MR) is 61.0 cm³/mol. The summed E-state index contributed by atoms with van der Waals surface area (Å²) in [6, 6.07) is 4.70. The maximum Gasteiger partial charge on any atom is 0.124 e. The van der Waals surface area contributed by atoms with Crippen molar-refractivity contribution >= 4 is 0 Å². The van der Waals surface area contributed by atoms with Crippen molar-refractivity contribution in [2.24, 2.45) is 0 Å². The van der Waals surface area contributed by atoms with E-state index in [-0.39, 0.29) is 17.5 Å². The van der Waals surface area contributed by atoms with Crippen LogP contribution in [-0.4, -0.2) is 16.8 Å². The highest BCUT2D eigenvalue weighted by Gasteiger charge is 2.09. The summed E-state index contributed by atoms with van der Waals surface area (Å²) in [6.45, 7) is 6.43. The molecule has 1 rings (SSSR count). The number of rotatable bonds is 5. The number of phenolic OH excluding ortho intramolecular Hbond substituents is 2. The number of hydrogen-bond donors (Lipinski definition) is 3. The Balaban J connectivity index is 2.64. The van der Waals surface area contributed by atoms with Gasteiger partial charge in [0.1, 0.15) is 11.5 Å². The lowest BCUT2D eigenvalue weighted by Crippen LogP contribution is -2.19. The molecule has 15 heavy (non-hydrogen) atoms. The molecule has 0 bridgehead atoms. The third-order valence-electron chi connectivity index (χ3n) is 2.28. The van der Waals surface area contributed by atoms with Gasteiger partial charge in [-0.05, 0) is 26.0 Å². The molecule has 0 aromatic heterocycles. The fourth-order valence-electron chi connectivity index (χ4n) is 1.41. The normalized spacial score (nSPS) is 12.3. The Morgan fingerprint density at radius 3 is 2.80 bits per heavy atom. The van der Waals surface area contributed by atoms with E-state index in [9.17, 15) is 5.11 Å². The summed E-state index contributed by atoms with van der Waals surface area (Å²) in [5.41, 5.74) is 0.789. The monoisotopic (exact) mass is 207 g/mol. The molecule has 1 aromatic rings. The van der Waals surface area contributed by atoms with Crippen LogP contribution in [0.2, 0.25) is 0 Å². The molecular weight excluding hydrogens is 190 g/mol. The number of benzene rings is 1. The van der Waals surface area contributed by atoms with Gasteiger partial charge in [0, 0.05) is 17.7 Å². The van der Waals surface area contributed by atoms with E-state index in [0.29, 0.717) is 0 Å². The minimum atomic E-state index is 0.0607. The quantitative estimate of drug-likeness (QED) is 0.513. The summed E-state index contributed by atoms with van der Waals surface area (Å²) >= 11 is 0. The van der Waals surface area contributed by atoms with Crippen molar-refractivity contribution in [3.05, 3.63) is 36.4 Å². The smallest absolute Gasteiger partial charge is 0.124 e. The van der Waals surface area contributed by atoms with Gasteiger partial charge >= 0.3 is 0 Å². The lowest BCUT2D eigenvalue weighted by atomic mass is 10.1. The molecule has 1 atom stereocenters. The van der Waals surface area contributed by atoms with E-state index in [2.05, 4.69) is 11.9 Å². The zero-order valence-corrected chi connectivity index (χ0v) is 8.90. The van der Waals surface area contributed by atoms with Crippen LogP contribution in [-0.2, 0) is 0 Å². The summed E-state index contributed by atoms with van der Waals surface area (Å²) in [5.74, 6) is 0.197. The molecule has 3 nitrogen and oxygen atoms in total. The van der Waals surface area contributed by atoms with Crippen molar-refractivity contribution in [2.45, 2.75) is 19.4 Å². The molecule has 0 aliphatic heterocycles. The van der Waals surface area contributed by atoms with E-state index >= 15 is 0 Å². The van der Waals surface area contributed by atoms with Gasteiger partial charge in [0.2, 0.25) is 0 Å². The Hall–Kier alpha value is -1.48. The average Bonchev–Trinajstić information content (AvgIpc) is 2.17. The lowest BCUT2D eigenvalue weighted by molar-refractivity contribution is 0.436. The Morgan fingerprint density at radius 2 is 2.20 bits per heavy atom. The van der Waals surface area contributed by atoms with Gasteiger partial charge in [-0.3, -0.25) is 0 Å². The number of aromatic hydroxyl groups is 2. The molecule has 0 aliphatic rings. The maximum absolute atomic E-state index is 9.60. The largest absolute Gasteiger partial charge is 0.508 e. The Morgan fingerprint density at radius 1 is 1.47 bits per heavy atom. The number of hydrogen-bond acceptors (Lipinski definition) is 3. The topological polar surface area (TPSA) is 52.5 Å². The molecule has 1 aromatic carbocycles. The molecule has 0 aliphatic carbocycles. The first kappa shape index (κ1) is 11.6. The van der Waals surface area contributed by atoms with Crippen molar-refractivity contribution in [3.63, 3.8) is 0 Å². The van der Waals surface area contributed by atoms with E-state index in [1.807, 2.05) is 13.0 Å². The SMILES string of the molecule is C=CCCNC(C)c1ccc(O)cc1O. The molecule has 3 N–H and O–H groups in total. The van der Waals surface area contributed by atoms with Gasteiger partial charge < -0.3 is 15.5 Å². The first-order chi connectivity index (χ1) is 7.15.